The standard InChI is InChI=1S/C22H37NO5/c1-2-3-6-9-17(25)12-13-19-18(20-16-21(19)28-27-20)10-7-4-5-8-11-22(26)23-14-15-24/h4,7,12-13,17-21,24-25H,2-3,5-6,8-11,14-16H2,1H3,(H,23,26)/t17-,18+,19+,20-,21+/m0/s1. The highest BCUT2D eigenvalue weighted by atomic mass is 17.2. The number of aliphatic hydroxyl groups is 2. The van der Waals surface area contributed by atoms with Crippen molar-refractivity contribution in [2.75, 3.05) is 13.2 Å². The van der Waals surface area contributed by atoms with Gasteiger partial charge in [-0.2, -0.15) is 0 Å². The summed E-state index contributed by atoms with van der Waals surface area (Å²) in [6.45, 7) is 2.47. The normalized spacial score (nSPS) is 27.8. The molecule has 3 N–H and O–H groups in total. The number of rotatable bonds is 14. The van der Waals surface area contributed by atoms with Gasteiger partial charge in [-0.1, -0.05) is 50.5 Å². The Morgan fingerprint density at radius 2 is 2.04 bits per heavy atom. The molecule has 1 aliphatic heterocycles. The van der Waals surface area contributed by atoms with Gasteiger partial charge in [0.1, 0.15) is 6.10 Å². The Morgan fingerprint density at radius 1 is 1.21 bits per heavy atom. The minimum Gasteiger partial charge on any atom is -0.395 e. The van der Waals surface area contributed by atoms with Crippen LogP contribution in [0.1, 0.15) is 64.7 Å². The molecular formula is C22H37NO5. The maximum Gasteiger partial charge on any atom is 0.220 e. The number of aliphatic hydroxyl groups excluding tert-OH is 2. The molecule has 2 fully saturated rings. The van der Waals surface area contributed by atoms with Gasteiger partial charge in [-0.05, 0) is 25.7 Å². The number of allylic oxidation sites excluding steroid dienone is 2. The highest BCUT2D eigenvalue weighted by molar-refractivity contribution is 5.75. The van der Waals surface area contributed by atoms with E-state index in [0.717, 1.165) is 51.4 Å². The largest absolute Gasteiger partial charge is 0.395 e. The van der Waals surface area contributed by atoms with Gasteiger partial charge in [0.2, 0.25) is 5.91 Å². The zero-order chi connectivity index (χ0) is 20.2. The first-order valence-electron chi connectivity index (χ1n) is 10.9. The van der Waals surface area contributed by atoms with Crippen LogP contribution in [0.4, 0.5) is 0 Å². The molecule has 2 rings (SSSR count). The van der Waals surface area contributed by atoms with E-state index < -0.39 is 0 Å². The highest BCUT2D eigenvalue weighted by Crippen LogP contribution is 2.44. The summed E-state index contributed by atoms with van der Waals surface area (Å²) in [7, 11) is 0. The van der Waals surface area contributed by atoms with Crippen LogP contribution in [-0.2, 0) is 14.6 Å². The van der Waals surface area contributed by atoms with Crippen molar-refractivity contribution in [1.82, 2.24) is 5.32 Å². The molecule has 0 aromatic carbocycles. The molecule has 6 nitrogen and oxygen atoms in total. The van der Waals surface area contributed by atoms with Gasteiger partial charge in [-0.25, -0.2) is 9.78 Å². The third-order valence-electron chi connectivity index (χ3n) is 5.61. The summed E-state index contributed by atoms with van der Waals surface area (Å²) in [6, 6.07) is 0. The van der Waals surface area contributed by atoms with Crippen LogP contribution in [0.15, 0.2) is 24.3 Å². The van der Waals surface area contributed by atoms with E-state index in [-0.39, 0.29) is 36.7 Å². The van der Waals surface area contributed by atoms with Gasteiger partial charge in [0, 0.05) is 31.2 Å². The maximum atomic E-state index is 11.5. The predicted molar refractivity (Wildman–Crippen MR) is 108 cm³/mol. The fourth-order valence-electron chi connectivity index (χ4n) is 4.01. The lowest BCUT2D eigenvalue weighted by molar-refractivity contribution is -0.336. The number of nitrogens with one attached hydrogen (secondary N) is 1. The van der Waals surface area contributed by atoms with Crippen LogP contribution in [0.3, 0.4) is 0 Å². The molecule has 0 spiro atoms. The molecule has 1 heterocycles. The van der Waals surface area contributed by atoms with Gasteiger partial charge >= 0.3 is 0 Å². The van der Waals surface area contributed by atoms with Crippen LogP contribution in [0.2, 0.25) is 0 Å². The van der Waals surface area contributed by atoms with Gasteiger partial charge in [-0.15, -0.1) is 0 Å². The zero-order valence-electron chi connectivity index (χ0n) is 17.1. The number of carbonyl (C=O) groups excluding carboxylic acids is 1. The Morgan fingerprint density at radius 3 is 2.82 bits per heavy atom. The molecule has 0 aromatic heterocycles. The molecule has 160 valence electrons. The SMILES string of the molecule is CCCCC[C@H](O)C=C[C@@H]1[C@@H](CC=CCCCC(=O)NCCO)[C@@H]2C[C@H]1OO2. The number of hydrogen-bond acceptors (Lipinski definition) is 5. The number of carbonyl (C=O) groups is 1. The van der Waals surface area contributed by atoms with Crippen molar-refractivity contribution in [3.05, 3.63) is 24.3 Å². The first-order chi connectivity index (χ1) is 13.7. The first-order valence-corrected chi connectivity index (χ1v) is 10.9. The summed E-state index contributed by atoms with van der Waals surface area (Å²) >= 11 is 0. The van der Waals surface area contributed by atoms with E-state index in [1.807, 2.05) is 6.08 Å². The third kappa shape index (κ3) is 7.66. The fourth-order valence-corrected chi connectivity index (χ4v) is 4.01. The molecule has 2 bridgehead atoms. The van der Waals surface area contributed by atoms with Crippen LogP contribution in [-0.4, -0.2) is 47.6 Å². The van der Waals surface area contributed by atoms with Crippen LogP contribution < -0.4 is 5.32 Å². The van der Waals surface area contributed by atoms with Crippen LogP contribution in [0.25, 0.3) is 0 Å². The van der Waals surface area contributed by atoms with E-state index in [9.17, 15) is 9.90 Å². The van der Waals surface area contributed by atoms with Crippen molar-refractivity contribution in [2.45, 2.75) is 83.0 Å². The quantitative estimate of drug-likeness (QED) is 0.239. The van der Waals surface area contributed by atoms with Gasteiger partial charge in [0.25, 0.3) is 0 Å². The molecule has 5 atom stereocenters. The second-order valence-corrected chi connectivity index (χ2v) is 7.87. The molecule has 6 heteroatoms. The van der Waals surface area contributed by atoms with Crippen molar-refractivity contribution < 1.29 is 24.8 Å². The predicted octanol–water partition coefficient (Wildman–Crippen LogP) is 3.04. The summed E-state index contributed by atoms with van der Waals surface area (Å²) in [6.07, 6.45) is 16.4. The van der Waals surface area contributed by atoms with Crippen LogP contribution >= 0.6 is 0 Å². The van der Waals surface area contributed by atoms with Crippen molar-refractivity contribution in [3.8, 4) is 0 Å². The average Bonchev–Trinajstić information content (AvgIpc) is 3.29. The van der Waals surface area contributed by atoms with Crippen molar-refractivity contribution >= 4 is 5.91 Å². The number of hydrogen-bond donors (Lipinski definition) is 3. The molecule has 28 heavy (non-hydrogen) atoms. The topological polar surface area (TPSA) is 88.0 Å². The van der Waals surface area contributed by atoms with E-state index >= 15 is 0 Å². The minimum absolute atomic E-state index is 0.0104. The van der Waals surface area contributed by atoms with Gasteiger partial charge < -0.3 is 15.5 Å². The van der Waals surface area contributed by atoms with Crippen molar-refractivity contribution in [2.24, 2.45) is 11.8 Å². The fraction of sp³-hybridized carbons (Fsp3) is 0.773. The van der Waals surface area contributed by atoms with Gasteiger partial charge in [0.15, 0.2) is 0 Å². The summed E-state index contributed by atoms with van der Waals surface area (Å²) in [5.74, 6) is 0.652. The zero-order valence-corrected chi connectivity index (χ0v) is 17.1. The summed E-state index contributed by atoms with van der Waals surface area (Å²) in [5.41, 5.74) is 0. The van der Waals surface area contributed by atoms with E-state index in [4.69, 9.17) is 14.9 Å². The van der Waals surface area contributed by atoms with Gasteiger partial charge in [-0.3, -0.25) is 4.79 Å². The number of amides is 1. The Bertz CT molecular complexity index is 507. The minimum atomic E-state index is -0.375. The van der Waals surface area contributed by atoms with Crippen molar-refractivity contribution in [1.29, 1.82) is 0 Å². The molecule has 1 saturated heterocycles. The highest BCUT2D eigenvalue weighted by Gasteiger charge is 2.49. The number of unbranched alkanes of at least 4 members (excludes halogenated alkanes) is 3. The molecule has 1 amide bonds. The monoisotopic (exact) mass is 395 g/mol. The molecule has 2 aliphatic rings. The molecule has 1 saturated carbocycles. The molecular weight excluding hydrogens is 358 g/mol. The summed E-state index contributed by atoms with van der Waals surface area (Å²) in [5, 5.41) is 21.5. The molecule has 0 unspecified atom stereocenters. The third-order valence-corrected chi connectivity index (χ3v) is 5.61. The Balaban J connectivity index is 1.71. The molecule has 1 aliphatic carbocycles. The lowest BCUT2D eigenvalue weighted by atomic mass is 9.89. The average molecular weight is 396 g/mol. The number of fused-ring (bicyclic) bond motifs is 2. The van der Waals surface area contributed by atoms with Crippen molar-refractivity contribution in [3.63, 3.8) is 0 Å². The lowest BCUT2D eigenvalue weighted by Crippen LogP contribution is -2.28. The first kappa shape index (κ1) is 23.1. The second-order valence-electron chi connectivity index (χ2n) is 7.87. The Kier molecular flexibility index (Phi) is 10.8. The van der Waals surface area contributed by atoms with Crippen LogP contribution in [0, 0.1) is 11.8 Å². The molecule has 0 aromatic rings. The van der Waals surface area contributed by atoms with E-state index in [1.54, 1.807) is 0 Å². The summed E-state index contributed by atoms with van der Waals surface area (Å²) < 4.78 is 0. The van der Waals surface area contributed by atoms with Gasteiger partial charge in [0.05, 0.1) is 18.8 Å². The summed E-state index contributed by atoms with van der Waals surface area (Å²) in [4.78, 5) is 22.3. The van der Waals surface area contributed by atoms with E-state index in [2.05, 4.69) is 30.5 Å². The second kappa shape index (κ2) is 13.1. The van der Waals surface area contributed by atoms with E-state index in [0.29, 0.717) is 18.9 Å². The lowest BCUT2D eigenvalue weighted by Gasteiger charge is -2.27. The van der Waals surface area contributed by atoms with E-state index in [1.165, 1.54) is 0 Å². The van der Waals surface area contributed by atoms with Crippen LogP contribution in [0.5, 0.6) is 0 Å². The Hall–Kier alpha value is -1.21. The smallest absolute Gasteiger partial charge is 0.220 e. The maximum absolute atomic E-state index is 11.5. The Labute approximate surface area is 168 Å². The molecule has 0 radical (unpaired) electrons.